The minimum absolute atomic E-state index is 0.159. The Labute approximate surface area is 98.4 Å². The van der Waals surface area contributed by atoms with E-state index in [1.807, 2.05) is 0 Å². The Morgan fingerprint density at radius 3 is 2.82 bits per heavy atom. The molecule has 0 radical (unpaired) electrons. The monoisotopic (exact) mass is 240 g/mol. The van der Waals surface area contributed by atoms with Gasteiger partial charge >= 0.3 is 0 Å². The SMILES string of the molecule is Cn1cnc(CCNC(=O)C(N)CC(N)=O)n1. The lowest BCUT2D eigenvalue weighted by atomic mass is 10.2. The predicted molar refractivity (Wildman–Crippen MR) is 59.5 cm³/mol. The molecule has 1 aromatic rings. The zero-order chi connectivity index (χ0) is 12.8. The number of carbonyl (C=O) groups is 2. The summed E-state index contributed by atoms with van der Waals surface area (Å²) in [5.74, 6) is -0.366. The summed E-state index contributed by atoms with van der Waals surface area (Å²) in [6, 6.07) is -0.899. The summed E-state index contributed by atoms with van der Waals surface area (Å²) in [4.78, 5) is 25.9. The maximum Gasteiger partial charge on any atom is 0.237 e. The summed E-state index contributed by atoms with van der Waals surface area (Å²) >= 11 is 0. The summed E-state index contributed by atoms with van der Waals surface area (Å²) in [7, 11) is 1.76. The topological polar surface area (TPSA) is 129 Å². The van der Waals surface area contributed by atoms with E-state index < -0.39 is 17.9 Å². The summed E-state index contributed by atoms with van der Waals surface area (Å²) < 4.78 is 1.58. The second-order valence-corrected chi connectivity index (χ2v) is 3.65. The highest BCUT2D eigenvalue weighted by atomic mass is 16.2. The number of hydrogen-bond acceptors (Lipinski definition) is 5. The molecule has 0 bridgehead atoms. The van der Waals surface area contributed by atoms with Crippen molar-refractivity contribution in [1.29, 1.82) is 0 Å². The molecule has 1 unspecified atom stereocenters. The van der Waals surface area contributed by atoms with Gasteiger partial charge in [0.2, 0.25) is 11.8 Å². The van der Waals surface area contributed by atoms with Gasteiger partial charge < -0.3 is 16.8 Å². The number of amides is 2. The largest absolute Gasteiger partial charge is 0.370 e. The number of nitrogens with two attached hydrogens (primary N) is 2. The van der Waals surface area contributed by atoms with Gasteiger partial charge in [0.15, 0.2) is 5.82 Å². The molecule has 0 fully saturated rings. The van der Waals surface area contributed by atoms with E-state index in [4.69, 9.17) is 11.5 Å². The number of primary amides is 1. The van der Waals surface area contributed by atoms with Crippen LogP contribution in [0.2, 0.25) is 0 Å². The average molecular weight is 240 g/mol. The molecule has 0 aromatic carbocycles. The Morgan fingerprint density at radius 2 is 2.29 bits per heavy atom. The van der Waals surface area contributed by atoms with Crippen molar-refractivity contribution in [2.24, 2.45) is 18.5 Å². The highest BCUT2D eigenvalue weighted by molar-refractivity contribution is 5.87. The summed E-state index contributed by atoms with van der Waals surface area (Å²) in [5, 5.41) is 6.63. The van der Waals surface area contributed by atoms with E-state index in [1.165, 1.54) is 0 Å². The van der Waals surface area contributed by atoms with Gasteiger partial charge in [0.1, 0.15) is 6.33 Å². The normalized spacial score (nSPS) is 12.1. The second-order valence-electron chi connectivity index (χ2n) is 3.65. The average Bonchev–Trinajstić information content (AvgIpc) is 2.63. The van der Waals surface area contributed by atoms with Crippen LogP contribution < -0.4 is 16.8 Å². The number of hydrogen-bond donors (Lipinski definition) is 3. The van der Waals surface area contributed by atoms with Crippen molar-refractivity contribution in [1.82, 2.24) is 20.1 Å². The molecule has 1 heterocycles. The van der Waals surface area contributed by atoms with E-state index in [9.17, 15) is 9.59 Å². The van der Waals surface area contributed by atoms with Gasteiger partial charge in [0.25, 0.3) is 0 Å². The Balaban J connectivity index is 2.26. The van der Waals surface area contributed by atoms with Gasteiger partial charge in [0.05, 0.1) is 12.5 Å². The van der Waals surface area contributed by atoms with E-state index in [1.54, 1.807) is 18.1 Å². The van der Waals surface area contributed by atoms with Gasteiger partial charge in [0, 0.05) is 20.0 Å². The maximum absolute atomic E-state index is 11.4. The van der Waals surface area contributed by atoms with Crippen molar-refractivity contribution in [3.05, 3.63) is 12.2 Å². The molecule has 0 spiro atoms. The first-order valence-corrected chi connectivity index (χ1v) is 5.15. The number of carbonyl (C=O) groups excluding carboxylic acids is 2. The first kappa shape index (κ1) is 13.1. The molecule has 0 saturated carbocycles. The van der Waals surface area contributed by atoms with Crippen LogP contribution in [0.3, 0.4) is 0 Å². The molecule has 0 aliphatic rings. The van der Waals surface area contributed by atoms with Crippen LogP contribution >= 0.6 is 0 Å². The van der Waals surface area contributed by atoms with Gasteiger partial charge in [-0.3, -0.25) is 14.3 Å². The molecule has 8 nitrogen and oxygen atoms in total. The fourth-order valence-corrected chi connectivity index (χ4v) is 1.24. The lowest BCUT2D eigenvalue weighted by molar-refractivity contribution is -0.126. The molecule has 1 aromatic heterocycles. The molecule has 1 atom stereocenters. The molecule has 0 aliphatic carbocycles. The minimum atomic E-state index is -0.899. The lowest BCUT2D eigenvalue weighted by Gasteiger charge is -2.09. The third-order valence-corrected chi connectivity index (χ3v) is 2.05. The third-order valence-electron chi connectivity index (χ3n) is 2.05. The maximum atomic E-state index is 11.4. The number of nitrogens with one attached hydrogen (secondary N) is 1. The summed E-state index contributed by atoms with van der Waals surface area (Å²) in [6.07, 6.45) is 1.93. The zero-order valence-electron chi connectivity index (χ0n) is 9.59. The highest BCUT2D eigenvalue weighted by Crippen LogP contribution is 1.90. The van der Waals surface area contributed by atoms with E-state index >= 15 is 0 Å². The lowest BCUT2D eigenvalue weighted by Crippen LogP contribution is -2.43. The van der Waals surface area contributed by atoms with Crippen LogP contribution in [0.1, 0.15) is 12.2 Å². The number of aromatic nitrogens is 3. The van der Waals surface area contributed by atoms with Gasteiger partial charge in [-0.1, -0.05) is 0 Å². The van der Waals surface area contributed by atoms with Crippen LogP contribution in [0.5, 0.6) is 0 Å². The second kappa shape index (κ2) is 5.94. The van der Waals surface area contributed by atoms with Crippen molar-refractivity contribution in [3.63, 3.8) is 0 Å². The predicted octanol–water partition coefficient (Wildman–Crippen LogP) is -2.32. The minimum Gasteiger partial charge on any atom is -0.370 e. The van der Waals surface area contributed by atoms with E-state index in [-0.39, 0.29) is 6.42 Å². The van der Waals surface area contributed by atoms with Crippen LogP contribution in [0.25, 0.3) is 0 Å². The molecule has 94 valence electrons. The standard InChI is InChI=1S/C9H16N6O2/c1-15-5-13-8(14-15)2-3-12-9(17)6(10)4-7(11)16/h5-6H,2-4,10H2,1H3,(H2,11,16)(H,12,17). The Bertz CT molecular complexity index is 402. The number of nitrogens with zero attached hydrogens (tertiary/aromatic N) is 3. The Morgan fingerprint density at radius 1 is 1.59 bits per heavy atom. The Kier molecular flexibility index (Phi) is 4.58. The van der Waals surface area contributed by atoms with Gasteiger partial charge in [-0.05, 0) is 0 Å². The van der Waals surface area contributed by atoms with Crippen molar-refractivity contribution in [3.8, 4) is 0 Å². The first-order chi connectivity index (χ1) is 7.99. The van der Waals surface area contributed by atoms with E-state index in [0.29, 0.717) is 18.8 Å². The molecule has 17 heavy (non-hydrogen) atoms. The van der Waals surface area contributed by atoms with Crippen LogP contribution in [0, 0.1) is 0 Å². The van der Waals surface area contributed by atoms with Gasteiger partial charge in [-0.25, -0.2) is 4.98 Å². The van der Waals surface area contributed by atoms with Crippen LogP contribution in [-0.2, 0) is 23.1 Å². The van der Waals surface area contributed by atoms with E-state index in [0.717, 1.165) is 0 Å². The third kappa shape index (κ3) is 4.60. The van der Waals surface area contributed by atoms with Crippen LogP contribution in [0.15, 0.2) is 6.33 Å². The summed E-state index contributed by atoms with van der Waals surface area (Å²) in [5.41, 5.74) is 10.4. The molecule has 0 aliphatic heterocycles. The number of aryl methyl sites for hydroxylation is 1. The van der Waals surface area contributed by atoms with Crippen LogP contribution in [0.4, 0.5) is 0 Å². The first-order valence-electron chi connectivity index (χ1n) is 5.15. The summed E-state index contributed by atoms with van der Waals surface area (Å²) in [6.45, 7) is 0.370. The molecule has 8 heteroatoms. The molecule has 0 saturated heterocycles. The van der Waals surface area contributed by atoms with Crippen LogP contribution in [-0.4, -0.2) is 39.2 Å². The Hall–Kier alpha value is -1.96. The van der Waals surface area contributed by atoms with Crippen molar-refractivity contribution < 1.29 is 9.59 Å². The van der Waals surface area contributed by atoms with E-state index in [2.05, 4.69) is 15.4 Å². The van der Waals surface area contributed by atoms with Crippen molar-refractivity contribution in [2.75, 3.05) is 6.54 Å². The van der Waals surface area contributed by atoms with Gasteiger partial charge in [-0.15, -0.1) is 0 Å². The molecular formula is C9H16N6O2. The van der Waals surface area contributed by atoms with Crippen molar-refractivity contribution >= 4 is 11.8 Å². The molecule has 1 rings (SSSR count). The fourth-order valence-electron chi connectivity index (χ4n) is 1.24. The van der Waals surface area contributed by atoms with Crippen molar-refractivity contribution in [2.45, 2.75) is 18.9 Å². The molecular weight excluding hydrogens is 224 g/mol. The zero-order valence-corrected chi connectivity index (χ0v) is 9.59. The number of rotatable bonds is 6. The quantitative estimate of drug-likeness (QED) is 0.514. The fraction of sp³-hybridized carbons (Fsp3) is 0.556. The smallest absolute Gasteiger partial charge is 0.237 e. The van der Waals surface area contributed by atoms with Gasteiger partial charge in [-0.2, -0.15) is 5.10 Å². The highest BCUT2D eigenvalue weighted by Gasteiger charge is 2.15. The molecule has 5 N–H and O–H groups in total. The molecule has 2 amide bonds.